The first-order valence-corrected chi connectivity index (χ1v) is 6.84. The quantitative estimate of drug-likeness (QED) is 0.865. The molecule has 0 spiro atoms. The van der Waals surface area contributed by atoms with Crippen LogP contribution >= 0.6 is 0 Å². The number of nitrogens with zero attached hydrogens (tertiary/aromatic N) is 2. The lowest BCUT2D eigenvalue weighted by atomic mass is 9.91. The van der Waals surface area contributed by atoms with Crippen molar-refractivity contribution in [3.8, 4) is 0 Å². The summed E-state index contributed by atoms with van der Waals surface area (Å²) in [5.74, 6) is 0.0222. The lowest BCUT2D eigenvalue weighted by Gasteiger charge is -2.31. The van der Waals surface area contributed by atoms with Crippen LogP contribution in [0, 0.1) is 0 Å². The van der Waals surface area contributed by atoms with Crippen molar-refractivity contribution in [2.45, 2.75) is 18.9 Å². The van der Waals surface area contributed by atoms with Gasteiger partial charge < -0.3 is 15.5 Å². The van der Waals surface area contributed by atoms with E-state index in [-0.39, 0.29) is 5.91 Å². The molecule has 1 atom stereocenters. The third-order valence-electron chi connectivity index (χ3n) is 3.82. The molecule has 19 heavy (non-hydrogen) atoms. The number of rotatable bonds is 2. The minimum absolute atomic E-state index is 0.0222. The Hall–Kier alpha value is -1.39. The van der Waals surface area contributed by atoms with Crippen LogP contribution < -0.4 is 5.73 Å². The van der Waals surface area contributed by atoms with Crippen LogP contribution in [0.15, 0.2) is 30.3 Å². The fourth-order valence-corrected chi connectivity index (χ4v) is 2.49. The highest BCUT2D eigenvalue weighted by atomic mass is 16.2. The van der Waals surface area contributed by atoms with Crippen molar-refractivity contribution in [3.63, 3.8) is 0 Å². The van der Waals surface area contributed by atoms with E-state index in [1.165, 1.54) is 0 Å². The lowest BCUT2D eigenvalue weighted by molar-refractivity contribution is -0.136. The second-order valence-corrected chi connectivity index (χ2v) is 5.52. The number of benzene rings is 1. The van der Waals surface area contributed by atoms with Gasteiger partial charge in [-0.2, -0.15) is 0 Å². The minimum Gasteiger partial charge on any atom is -0.339 e. The molecule has 0 radical (unpaired) electrons. The van der Waals surface area contributed by atoms with Gasteiger partial charge in [-0.05, 0) is 32.5 Å². The molecule has 2 rings (SSSR count). The number of carbonyl (C=O) groups excluding carboxylic acids is 1. The second-order valence-electron chi connectivity index (χ2n) is 5.52. The summed E-state index contributed by atoms with van der Waals surface area (Å²) < 4.78 is 0. The first-order chi connectivity index (χ1) is 9.01. The number of hydrogen-bond acceptors (Lipinski definition) is 3. The average molecular weight is 261 g/mol. The third-order valence-corrected chi connectivity index (χ3v) is 3.82. The van der Waals surface area contributed by atoms with Gasteiger partial charge in [0.1, 0.15) is 5.54 Å². The van der Waals surface area contributed by atoms with E-state index in [0.29, 0.717) is 0 Å². The summed E-state index contributed by atoms with van der Waals surface area (Å²) in [6.07, 6.45) is 1.01. The van der Waals surface area contributed by atoms with Crippen LogP contribution in [0.5, 0.6) is 0 Å². The van der Waals surface area contributed by atoms with E-state index in [9.17, 15) is 4.79 Å². The van der Waals surface area contributed by atoms with Crippen LogP contribution in [0.2, 0.25) is 0 Å². The maximum atomic E-state index is 12.7. The topological polar surface area (TPSA) is 49.6 Å². The SMILES string of the molecule is CN1CCCN(C(=O)C(C)(N)c2ccccc2)CC1. The number of likely N-dealkylation sites (N-methyl/N-ethyl adjacent to an activating group) is 1. The van der Waals surface area contributed by atoms with Crippen molar-refractivity contribution < 1.29 is 4.79 Å². The summed E-state index contributed by atoms with van der Waals surface area (Å²) in [5, 5.41) is 0. The zero-order valence-corrected chi connectivity index (χ0v) is 11.8. The fourth-order valence-electron chi connectivity index (χ4n) is 2.49. The Labute approximate surface area is 115 Å². The van der Waals surface area contributed by atoms with Gasteiger partial charge in [0, 0.05) is 19.6 Å². The van der Waals surface area contributed by atoms with Crippen molar-refractivity contribution in [2.75, 3.05) is 33.2 Å². The monoisotopic (exact) mass is 261 g/mol. The van der Waals surface area contributed by atoms with E-state index in [1.807, 2.05) is 35.2 Å². The minimum atomic E-state index is -0.940. The highest BCUT2D eigenvalue weighted by molar-refractivity contribution is 5.87. The summed E-state index contributed by atoms with van der Waals surface area (Å²) in [6.45, 7) is 5.31. The van der Waals surface area contributed by atoms with Crippen molar-refractivity contribution in [3.05, 3.63) is 35.9 Å². The van der Waals surface area contributed by atoms with Gasteiger partial charge in [0.25, 0.3) is 0 Å². The maximum Gasteiger partial charge on any atom is 0.247 e. The van der Waals surface area contributed by atoms with E-state index >= 15 is 0 Å². The number of amides is 1. The molecule has 1 saturated heterocycles. The molecule has 1 fully saturated rings. The first-order valence-electron chi connectivity index (χ1n) is 6.84. The van der Waals surface area contributed by atoms with Gasteiger partial charge in [-0.15, -0.1) is 0 Å². The molecule has 1 heterocycles. The number of nitrogens with two attached hydrogens (primary N) is 1. The van der Waals surface area contributed by atoms with Crippen LogP contribution in [0.1, 0.15) is 18.9 Å². The zero-order chi connectivity index (χ0) is 13.9. The normalized spacial score (nSPS) is 20.7. The molecule has 2 N–H and O–H groups in total. The van der Waals surface area contributed by atoms with Crippen LogP contribution in [-0.4, -0.2) is 48.9 Å². The van der Waals surface area contributed by atoms with E-state index in [1.54, 1.807) is 6.92 Å². The van der Waals surface area contributed by atoms with Gasteiger partial charge in [-0.25, -0.2) is 0 Å². The standard InChI is InChI=1S/C15H23N3O/c1-15(16,13-7-4-3-5-8-13)14(19)18-10-6-9-17(2)11-12-18/h3-5,7-8H,6,9-12,16H2,1-2H3. The molecule has 4 heteroatoms. The second kappa shape index (κ2) is 5.72. The Bertz CT molecular complexity index is 430. The molecule has 1 aromatic rings. The largest absolute Gasteiger partial charge is 0.339 e. The van der Waals surface area contributed by atoms with Crippen LogP contribution in [0.25, 0.3) is 0 Å². The highest BCUT2D eigenvalue weighted by Gasteiger charge is 2.34. The lowest BCUT2D eigenvalue weighted by Crippen LogP contribution is -2.51. The molecule has 0 aliphatic carbocycles. The Balaban J connectivity index is 2.14. The predicted octanol–water partition coefficient (Wildman–Crippen LogP) is 1.02. The molecule has 4 nitrogen and oxygen atoms in total. The molecule has 1 unspecified atom stereocenters. The highest BCUT2D eigenvalue weighted by Crippen LogP contribution is 2.21. The molecular weight excluding hydrogens is 238 g/mol. The maximum absolute atomic E-state index is 12.7. The molecule has 0 bridgehead atoms. The summed E-state index contributed by atoms with van der Waals surface area (Å²) in [4.78, 5) is 16.8. The molecular formula is C15H23N3O. The third kappa shape index (κ3) is 3.14. The Morgan fingerprint density at radius 3 is 2.53 bits per heavy atom. The average Bonchev–Trinajstić information content (AvgIpc) is 2.63. The van der Waals surface area contributed by atoms with E-state index < -0.39 is 5.54 Å². The molecule has 1 aliphatic heterocycles. The van der Waals surface area contributed by atoms with E-state index in [2.05, 4.69) is 11.9 Å². The predicted molar refractivity (Wildman–Crippen MR) is 76.7 cm³/mol. The van der Waals surface area contributed by atoms with E-state index in [4.69, 9.17) is 5.73 Å². The van der Waals surface area contributed by atoms with Crippen molar-refractivity contribution in [1.82, 2.24) is 9.80 Å². The smallest absolute Gasteiger partial charge is 0.247 e. The van der Waals surface area contributed by atoms with Gasteiger partial charge in [0.05, 0.1) is 0 Å². The van der Waals surface area contributed by atoms with Gasteiger partial charge in [0.15, 0.2) is 0 Å². The Morgan fingerprint density at radius 1 is 1.16 bits per heavy atom. The van der Waals surface area contributed by atoms with Gasteiger partial charge >= 0.3 is 0 Å². The van der Waals surface area contributed by atoms with Crippen LogP contribution in [0.4, 0.5) is 0 Å². The fraction of sp³-hybridized carbons (Fsp3) is 0.533. The summed E-state index contributed by atoms with van der Waals surface area (Å²) in [6, 6.07) is 9.61. The number of hydrogen-bond donors (Lipinski definition) is 1. The van der Waals surface area contributed by atoms with Gasteiger partial charge in [-0.1, -0.05) is 30.3 Å². The molecule has 104 valence electrons. The molecule has 1 amide bonds. The summed E-state index contributed by atoms with van der Waals surface area (Å²) >= 11 is 0. The van der Waals surface area contributed by atoms with Crippen molar-refractivity contribution >= 4 is 5.91 Å². The summed E-state index contributed by atoms with van der Waals surface area (Å²) in [7, 11) is 2.09. The van der Waals surface area contributed by atoms with Crippen molar-refractivity contribution in [1.29, 1.82) is 0 Å². The molecule has 1 aliphatic rings. The Kier molecular flexibility index (Phi) is 4.22. The van der Waals surface area contributed by atoms with Gasteiger partial charge in [-0.3, -0.25) is 4.79 Å². The molecule has 0 aromatic heterocycles. The number of carbonyl (C=O) groups is 1. The summed E-state index contributed by atoms with van der Waals surface area (Å²) in [5.41, 5.74) is 6.23. The van der Waals surface area contributed by atoms with Crippen LogP contribution in [0.3, 0.4) is 0 Å². The van der Waals surface area contributed by atoms with Crippen LogP contribution in [-0.2, 0) is 10.3 Å². The van der Waals surface area contributed by atoms with Crippen molar-refractivity contribution in [2.24, 2.45) is 5.73 Å². The zero-order valence-electron chi connectivity index (χ0n) is 11.8. The first kappa shape index (κ1) is 14.0. The molecule has 1 aromatic carbocycles. The molecule has 0 saturated carbocycles. The Morgan fingerprint density at radius 2 is 1.84 bits per heavy atom. The van der Waals surface area contributed by atoms with E-state index in [0.717, 1.165) is 38.2 Å². The van der Waals surface area contributed by atoms with Gasteiger partial charge in [0.2, 0.25) is 5.91 Å².